The summed E-state index contributed by atoms with van der Waals surface area (Å²) in [6, 6.07) is 22.3. The average molecular weight is 601 g/mol. The number of carbonyl (C=O) groups excluding carboxylic acids is 1. The van der Waals surface area contributed by atoms with Crippen molar-refractivity contribution in [2.24, 2.45) is 4.99 Å². The summed E-state index contributed by atoms with van der Waals surface area (Å²) in [7, 11) is 0. The van der Waals surface area contributed by atoms with Crippen molar-refractivity contribution in [3.05, 3.63) is 115 Å². The van der Waals surface area contributed by atoms with Crippen LogP contribution in [0.1, 0.15) is 43.5 Å². The zero-order valence-corrected chi connectivity index (χ0v) is 25.6. The third kappa shape index (κ3) is 5.93. The Balaban J connectivity index is 1.76. The van der Waals surface area contributed by atoms with Gasteiger partial charge in [0, 0.05) is 10.5 Å². The molecule has 3 aromatic carbocycles. The van der Waals surface area contributed by atoms with Gasteiger partial charge in [-0.15, -0.1) is 11.8 Å². The van der Waals surface area contributed by atoms with Gasteiger partial charge in [-0.3, -0.25) is 9.36 Å². The molecule has 0 bridgehead atoms. The fourth-order valence-corrected chi connectivity index (χ4v) is 6.26. The molecule has 0 N–H and O–H groups in total. The fraction of sp³-hybridized carbons (Fsp3) is 0.242. The molecule has 5 rings (SSSR count). The van der Waals surface area contributed by atoms with Crippen molar-refractivity contribution in [2.75, 3.05) is 26.1 Å². The van der Waals surface area contributed by atoms with Crippen LogP contribution in [-0.2, 0) is 9.53 Å². The number of aromatic nitrogens is 1. The summed E-state index contributed by atoms with van der Waals surface area (Å²) < 4.78 is 19.2. The van der Waals surface area contributed by atoms with Crippen LogP contribution in [0.4, 0.5) is 0 Å². The average Bonchev–Trinajstić information content (AvgIpc) is 3.32. The van der Waals surface area contributed by atoms with Crippen LogP contribution in [0.25, 0.3) is 11.8 Å². The van der Waals surface area contributed by atoms with Crippen molar-refractivity contribution in [3.8, 4) is 11.5 Å². The molecule has 0 unspecified atom stereocenters. The van der Waals surface area contributed by atoms with Gasteiger partial charge >= 0.3 is 5.97 Å². The Morgan fingerprint density at radius 3 is 2.33 bits per heavy atom. The van der Waals surface area contributed by atoms with E-state index in [1.54, 1.807) is 23.3 Å². The topological polar surface area (TPSA) is 79.1 Å². The molecule has 0 saturated heterocycles. The summed E-state index contributed by atoms with van der Waals surface area (Å²) in [4.78, 5) is 34.2. The van der Waals surface area contributed by atoms with E-state index in [0.717, 1.165) is 21.6 Å². The Labute approximate surface area is 252 Å². The number of esters is 1. The summed E-state index contributed by atoms with van der Waals surface area (Å²) in [6.07, 6.45) is 3.83. The Bertz CT molecular complexity index is 1790. The second-order valence-corrected chi connectivity index (χ2v) is 11.2. The lowest BCUT2D eigenvalue weighted by Crippen LogP contribution is -2.40. The maximum Gasteiger partial charge on any atom is 0.338 e. The van der Waals surface area contributed by atoms with E-state index in [-0.39, 0.29) is 12.2 Å². The van der Waals surface area contributed by atoms with Gasteiger partial charge in [-0.2, -0.15) is 0 Å². The predicted molar refractivity (Wildman–Crippen MR) is 168 cm³/mol. The largest absolute Gasteiger partial charge is 0.490 e. The number of thiazole rings is 1. The van der Waals surface area contributed by atoms with Gasteiger partial charge in [0.25, 0.3) is 5.56 Å². The minimum Gasteiger partial charge on any atom is -0.490 e. The van der Waals surface area contributed by atoms with E-state index in [1.807, 2.05) is 99.0 Å². The minimum atomic E-state index is -0.715. The molecule has 7 nitrogen and oxygen atoms in total. The van der Waals surface area contributed by atoms with Gasteiger partial charge in [-0.1, -0.05) is 59.9 Å². The van der Waals surface area contributed by atoms with E-state index in [9.17, 15) is 9.59 Å². The van der Waals surface area contributed by atoms with Gasteiger partial charge in [0.05, 0.1) is 41.7 Å². The summed E-state index contributed by atoms with van der Waals surface area (Å²) in [5, 5.41) is 0. The van der Waals surface area contributed by atoms with Crippen LogP contribution < -0.4 is 24.4 Å². The molecule has 42 heavy (non-hydrogen) atoms. The standard InChI is InChI=1S/C33H32N2O5S2/c1-5-38-25-18-13-21(19-26(25)39-6-2)20-27-31(36)35-30(23-14-16-24(41-4)17-15-23)28(32(37)40-7-3)29(34-33(35)42-27)22-11-9-8-10-12-22/h8-20,30H,5-7H2,1-4H3/b27-20-/t30-/m0/s1. The Kier molecular flexibility index (Phi) is 9.29. The molecule has 1 aromatic heterocycles. The summed E-state index contributed by atoms with van der Waals surface area (Å²) in [5.41, 5.74) is 2.96. The lowest BCUT2D eigenvalue weighted by molar-refractivity contribution is -0.138. The number of thioether (sulfide) groups is 1. The summed E-state index contributed by atoms with van der Waals surface area (Å²) in [5.74, 6) is 0.767. The first-order valence-corrected chi connectivity index (χ1v) is 15.8. The van der Waals surface area contributed by atoms with Gasteiger partial charge in [-0.25, -0.2) is 9.79 Å². The van der Waals surface area contributed by atoms with Crippen molar-refractivity contribution in [1.29, 1.82) is 0 Å². The van der Waals surface area contributed by atoms with Crippen LogP contribution in [0.15, 0.2) is 93.1 Å². The number of fused-ring (bicyclic) bond motifs is 1. The molecule has 0 saturated carbocycles. The summed E-state index contributed by atoms with van der Waals surface area (Å²) >= 11 is 2.91. The van der Waals surface area contributed by atoms with E-state index in [4.69, 9.17) is 19.2 Å². The molecule has 1 aliphatic rings. The molecule has 0 spiro atoms. The zero-order chi connectivity index (χ0) is 29.6. The van der Waals surface area contributed by atoms with Gasteiger partial charge < -0.3 is 14.2 Å². The van der Waals surface area contributed by atoms with Gasteiger partial charge in [0.15, 0.2) is 16.3 Å². The van der Waals surface area contributed by atoms with Crippen molar-refractivity contribution < 1.29 is 19.0 Å². The maximum absolute atomic E-state index is 14.1. The van der Waals surface area contributed by atoms with E-state index >= 15 is 0 Å². The molecule has 0 radical (unpaired) electrons. The van der Waals surface area contributed by atoms with Crippen LogP contribution in [-0.4, -0.2) is 36.6 Å². The van der Waals surface area contributed by atoms with Gasteiger partial charge in [0.2, 0.25) is 0 Å². The molecule has 216 valence electrons. The molecule has 4 aromatic rings. The first kappa shape index (κ1) is 29.4. The molecule has 0 aliphatic carbocycles. The highest BCUT2D eigenvalue weighted by Crippen LogP contribution is 2.36. The smallest absolute Gasteiger partial charge is 0.338 e. The lowest BCUT2D eigenvalue weighted by atomic mass is 9.93. The SMILES string of the molecule is CCOC(=O)C1=C(c2ccccc2)N=c2s/c(=C\c3ccc(OCC)c(OCC)c3)c(=O)n2[C@H]1c1ccc(SC)cc1. The molecular weight excluding hydrogens is 569 g/mol. The van der Waals surface area contributed by atoms with Crippen LogP contribution in [0.2, 0.25) is 0 Å². The number of ether oxygens (including phenoxy) is 3. The second-order valence-electron chi connectivity index (χ2n) is 9.28. The third-order valence-electron chi connectivity index (χ3n) is 6.67. The molecular formula is C33H32N2O5S2. The second kappa shape index (κ2) is 13.3. The van der Waals surface area contributed by atoms with E-state index in [2.05, 4.69) is 0 Å². The monoisotopic (exact) mass is 600 g/mol. The highest BCUT2D eigenvalue weighted by atomic mass is 32.2. The number of hydrogen-bond acceptors (Lipinski definition) is 8. The van der Waals surface area contributed by atoms with E-state index in [0.29, 0.717) is 45.3 Å². The molecule has 0 fully saturated rings. The number of rotatable bonds is 10. The van der Waals surface area contributed by atoms with Crippen molar-refractivity contribution in [3.63, 3.8) is 0 Å². The van der Waals surface area contributed by atoms with Crippen LogP contribution in [0.3, 0.4) is 0 Å². The molecule has 9 heteroatoms. The van der Waals surface area contributed by atoms with Crippen molar-refractivity contribution >= 4 is 40.8 Å². The van der Waals surface area contributed by atoms with Gasteiger partial charge in [0.1, 0.15) is 0 Å². The normalized spacial score (nSPS) is 14.8. The minimum absolute atomic E-state index is 0.201. The van der Waals surface area contributed by atoms with Crippen molar-refractivity contribution in [1.82, 2.24) is 4.57 Å². The highest BCUT2D eigenvalue weighted by Gasteiger charge is 2.35. The first-order chi connectivity index (χ1) is 20.5. The number of nitrogens with zero attached hydrogens (tertiary/aromatic N) is 2. The fourth-order valence-electron chi connectivity index (χ4n) is 4.85. The molecule has 1 aliphatic heterocycles. The highest BCUT2D eigenvalue weighted by molar-refractivity contribution is 7.98. The zero-order valence-electron chi connectivity index (χ0n) is 24.0. The quantitative estimate of drug-likeness (QED) is 0.178. The first-order valence-electron chi connectivity index (χ1n) is 13.8. The predicted octanol–water partition coefficient (Wildman–Crippen LogP) is 5.45. The van der Waals surface area contributed by atoms with E-state index in [1.165, 1.54) is 11.3 Å². The Morgan fingerprint density at radius 2 is 1.67 bits per heavy atom. The van der Waals surface area contributed by atoms with Gasteiger partial charge in [-0.05, 0) is 68.5 Å². The molecule has 1 atom stereocenters. The number of benzene rings is 3. The van der Waals surface area contributed by atoms with Crippen molar-refractivity contribution in [2.45, 2.75) is 31.7 Å². The Morgan fingerprint density at radius 1 is 0.952 bits per heavy atom. The van der Waals surface area contributed by atoms with Crippen LogP contribution in [0.5, 0.6) is 11.5 Å². The van der Waals surface area contributed by atoms with Crippen LogP contribution in [0, 0.1) is 0 Å². The number of carbonyl (C=O) groups is 1. The third-order valence-corrected chi connectivity index (χ3v) is 8.40. The molecule has 0 amide bonds. The summed E-state index contributed by atoms with van der Waals surface area (Å²) in [6.45, 7) is 6.81. The van der Waals surface area contributed by atoms with E-state index < -0.39 is 12.0 Å². The van der Waals surface area contributed by atoms with Crippen LogP contribution >= 0.6 is 23.1 Å². The molecule has 2 heterocycles. The lowest BCUT2D eigenvalue weighted by Gasteiger charge is -2.26. The Hall–Kier alpha value is -4.08. The maximum atomic E-state index is 14.1. The number of hydrogen-bond donors (Lipinski definition) is 0.